The third kappa shape index (κ3) is 2.45. The summed E-state index contributed by atoms with van der Waals surface area (Å²) in [7, 11) is 0. The van der Waals surface area contributed by atoms with E-state index in [-0.39, 0.29) is 11.9 Å². The fourth-order valence-electron chi connectivity index (χ4n) is 2.57. The Morgan fingerprint density at radius 1 is 1.32 bits per heavy atom. The maximum atomic E-state index is 13.9. The molecule has 1 saturated heterocycles. The quantitative estimate of drug-likeness (QED) is 0.813. The highest BCUT2D eigenvalue weighted by Gasteiger charge is 2.30. The summed E-state index contributed by atoms with van der Waals surface area (Å²) in [5.74, 6) is 0.0268. The van der Waals surface area contributed by atoms with Gasteiger partial charge in [-0.05, 0) is 53.6 Å². The smallest absolute Gasteiger partial charge is 0.151 e. The number of rotatable bonds is 2. The number of hydrogen-bond donors (Lipinski definition) is 1. The maximum absolute atomic E-state index is 13.9. The van der Waals surface area contributed by atoms with Crippen molar-refractivity contribution in [2.45, 2.75) is 18.9 Å². The topological polar surface area (TPSA) is 31.9 Å². The molecule has 6 heteroatoms. The van der Waals surface area contributed by atoms with Gasteiger partial charge in [0.1, 0.15) is 11.6 Å². The molecule has 1 aliphatic heterocycles. The Hall–Kier alpha value is -1.18. The van der Waals surface area contributed by atoms with E-state index in [1.54, 1.807) is 0 Å². The number of anilines is 1. The van der Waals surface area contributed by atoms with Gasteiger partial charge in [0.25, 0.3) is 0 Å². The first-order valence-corrected chi connectivity index (χ1v) is 7.15. The summed E-state index contributed by atoms with van der Waals surface area (Å²) in [5.41, 5.74) is 0.413. The zero-order chi connectivity index (χ0) is 13.4. The van der Waals surface area contributed by atoms with Crippen molar-refractivity contribution in [3.8, 4) is 0 Å². The molecule has 0 spiro atoms. The third-order valence-corrected chi connectivity index (χ3v) is 3.95. The summed E-state index contributed by atoms with van der Waals surface area (Å²) in [5, 5.41) is 7.07. The van der Waals surface area contributed by atoms with Crippen LogP contribution in [0.4, 0.5) is 14.6 Å². The van der Waals surface area contributed by atoms with Crippen molar-refractivity contribution in [1.82, 2.24) is 10.2 Å². The van der Waals surface area contributed by atoms with E-state index in [0.717, 1.165) is 35.0 Å². The lowest BCUT2D eigenvalue weighted by Gasteiger charge is -2.25. The summed E-state index contributed by atoms with van der Waals surface area (Å²) < 4.78 is 28.1. The van der Waals surface area contributed by atoms with E-state index in [1.165, 1.54) is 12.1 Å². The van der Waals surface area contributed by atoms with Crippen LogP contribution in [0, 0.1) is 15.3 Å². The van der Waals surface area contributed by atoms with Crippen molar-refractivity contribution < 1.29 is 8.78 Å². The molecule has 0 aliphatic carbocycles. The molecule has 1 N–H and O–H groups in total. The monoisotopic (exact) mass is 375 g/mol. The lowest BCUT2D eigenvalue weighted by Crippen LogP contribution is -2.23. The van der Waals surface area contributed by atoms with Gasteiger partial charge < -0.3 is 4.90 Å². The summed E-state index contributed by atoms with van der Waals surface area (Å²) in [4.78, 5) is 2.02. The van der Waals surface area contributed by atoms with Crippen LogP contribution >= 0.6 is 22.6 Å². The molecule has 3 nitrogen and oxygen atoms in total. The molecule has 0 saturated carbocycles. The largest absolute Gasteiger partial charge is 0.348 e. The first-order chi connectivity index (χ1) is 9.15. The number of halogens is 3. The maximum Gasteiger partial charge on any atom is 0.151 e. The van der Waals surface area contributed by atoms with Gasteiger partial charge in [-0.15, -0.1) is 0 Å². The predicted octanol–water partition coefficient (Wildman–Crippen LogP) is 3.63. The molecule has 0 amide bonds. The Morgan fingerprint density at radius 3 is 2.89 bits per heavy atom. The van der Waals surface area contributed by atoms with Crippen LogP contribution in [0.3, 0.4) is 0 Å². The molecule has 1 unspecified atom stereocenters. The molecule has 1 aromatic heterocycles. The lowest BCUT2D eigenvalue weighted by molar-refractivity contribution is 0.560. The van der Waals surface area contributed by atoms with E-state index >= 15 is 0 Å². The van der Waals surface area contributed by atoms with Gasteiger partial charge >= 0.3 is 0 Å². The minimum atomic E-state index is -0.403. The zero-order valence-corrected chi connectivity index (χ0v) is 12.2. The summed E-state index contributed by atoms with van der Waals surface area (Å²) in [6.07, 6.45) is 1.76. The number of benzene rings is 1. The van der Waals surface area contributed by atoms with Crippen LogP contribution < -0.4 is 4.90 Å². The van der Waals surface area contributed by atoms with Gasteiger partial charge in [0.05, 0.1) is 9.74 Å². The van der Waals surface area contributed by atoms with Crippen molar-refractivity contribution in [3.63, 3.8) is 0 Å². The van der Waals surface area contributed by atoms with Crippen LogP contribution in [0.1, 0.15) is 24.4 Å². The number of aromatic nitrogens is 2. The molecule has 0 radical (unpaired) electrons. The van der Waals surface area contributed by atoms with Crippen LogP contribution in [-0.4, -0.2) is 16.7 Å². The van der Waals surface area contributed by atoms with Crippen molar-refractivity contribution in [2.75, 3.05) is 11.4 Å². The molecule has 0 bridgehead atoms. The number of aromatic amines is 1. The van der Waals surface area contributed by atoms with Crippen molar-refractivity contribution in [3.05, 3.63) is 45.2 Å². The number of nitrogens with one attached hydrogen (secondary N) is 1. The highest BCUT2D eigenvalue weighted by Crippen LogP contribution is 2.36. The number of nitrogens with zero attached hydrogens (tertiary/aromatic N) is 2. The minimum absolute atomic E-state index is 0.144. The fourth-order valence-corrected chi connectivity index (χ4v) is 2.97. The molecule has 100 valence electrons. The molecule has 1 atom stereocenters. The normalized spacial score (nSPS) is 19.1. The van der Waals surface area contributed by atoms with Gasteiger partial charge in [-0.3, -0.25) is 5.10 Å². The fraction of sp³-hybridized carbons (Fsp3) is 0.308. The molecular formula is C13H12F2IN3. The van der Waals surface area contributed by atoms with Gasteiger partial charge in [0.15, 0.2) is 5.82 Å². The van der Waals surface area contributed by atoms with E-state index in [1.807, 2.05) is 11.0 Å². The summed E-state index contributed by atoms with van der Waals surface area (Å²) >= 11 is 2.14. The second kappa shape index (κ2) is 5.07. The molecule has 2 heterocycles. The van der Waals surface area contributed by atoms with Gasteiger partial charge in [-0.2, -0.15) is 5.10 Å². The molecule has 1 aromatic carbocycles. The van der Waals surface area contributed by atoms with E-state index in [4.69, 9.17) is 0 Å². The van der Waals surface area contributed by atoms with Crippen LogP contribution in [0.2, 0.25) is 0 Å². The predicted molar refractivity (Wildman–Crippen MR) is 77.0 cm³/mol. The van der Waals surface area contributed by atoms with Crippen molar-refractivity contribution in [1.29, 1.82) is 0 Å². The van der Waals surface area contributed by atoms with E-state index in [9.17, 15) is 8.78 Å². The molecule has 2 aromatic rings. The molecule has 3 rings (SSSR count). The van der Waals surface area contributed by atoms with Crippen LogP contribution in [-0.2, 0) is 0 Å². The Labute approximate surface area is 123 Å². The summed E-state index contributed by atoms with van der Waals surface area (Å²) in [6.45, 7) is 0.807. The summed E-state index contributed by atoms with van der Waals surface area (Å²) in [6, 6.07) is 5.40. The second-order valence-electron chi connectivity index (χ2n) is 4.59. The molecular weight excluding hydrogens is 363 g/mol. The van der Waals surface area contributed by atoms with Crippen LogP contribution in [0.25, 0.3) is 0 Å². The van der Waals surface area contributed by atoms with Gasteiger partial charge in [-0.25, -0.2) is 8.78 Å². The Kier molecular flexibility index (Phi) is 3.42. The molecule has 1 aliphatic rings. The van der Waals surface area contributed by atoms with E-state index in [2.05, 4.69) is 32.8 Å². The van der Waals surface area contributed by atoms with Gasteiger partial charge in [0, 0.05) is 18.2 Å². The molecule has 1 fully saturated rings. The van der Waals surface area contributed by atoms with Crippen molar-refractivity contribution >= 4 is 28.4 Å². The van der Waals surface area contributed by atoms with Gasteiger partial charge in [-0.1, -0.05) is 0 Å². The number of H-pyrrole nitrogens is 1. The first-order valence-electron chi connectivity index (χ1n) is 6.07. The Bertz CT molecular complexity index is 599. The number of hydrogen-bond acceptors (Lipinski definition) is 2. The van der Waals surface area contributed by atoms with E-state index in [0.29, 0.717) is 5.56 Å². The van der Waals surface area contributed by atoms with E-state index < -0.39 is 5.82 Å². The first kappa shape index (κ1) is 12.8. The van der Waals surface area contributed by atoms with Crippen molar-refractivity contribution in [2.24, 2.45) is 0 Å². The van der Waals surface area contributed by atoms with Gasteiger partial charge in [0.2, 0.25) is 0 Å². The zero-order valence-electron chi connectivity index (χ0n) is 10.0. The highest BCUT2D eigenvalue weighted by molar-refractivity contribution is 14.1. The lowest BCUT2D eigenvalue weighted by atomic mass is 10.0. The standard InChI is InChI=1S/C13H12F2IN3/c14-8-3-4-10(15)9(6-8)11-2-1-5-19(11)13-7-12(16)17-18-13/h3-4,6-7,11H,1-2,5H2,(H,17,18). The minimum Gasteiger partial charge on any atom is -0.348 e. The average Bonchev–Trinajstić information content (AvgIpc) is 3.00. The Morgan fingerprint density at radius 2 is 2.16 bits per heavy atom. The van der Waals surface area contributed by atoms with Crippen LogP contribution in [0.5, 0.6) is 0 Å². The average molecular weight is 375 g/mol. The third-order valence-electron chi connectivity index (χ3n) is 3.40. The van der Waals surface area contributed by atoms with Crippen LogP contribution in [0.15, 0.2) is 24.3 Å². The Balaban J connectivity index is 1.97. The molecule has 19 heavy (non-hydrogen) atoms. The highest BCUT2D eigenvalue weighted by atomic mass is 127. The SMILES string of the molecule is Fc1ccc(F)c(C2CCCN2c2cc(I)[nH]n2)c1. The second-order valence-corrected chi connectivity index (χ2v) is 5.75.